The molecule has 1 aromatic heterocycles. The van der Waals surface area contributed by atoms with Gasteiger partial charge in [-0.3, -0.25) is 4.90 Å². The highest BCUT2D eigenvalue weighted by molar-refractivity contribution is 9.10. The molecule has 0 aliphatic heterocycles. The fourth-order valence-electron chi connectivity index (χ4n) is 0.577. The van der Waals surface area contributed by atoms with Crippen molar-refractivity contribution in [3.8, 4) is 0 Å². The molecule has 1 rings (SSSR count). The van der Waals surface area contributed by atoms with Gasteiger partial charge in [-0.25, -0.2) is 4.98 Å². The lowest BCUT2D eigenvalue weighted by Crippen LogP contribution is -2.25. The summed E-state index contributed by atoms with van der Waals surface area (Å²) in [5, 5.41) is 20.1. The van der Waals surface area contributed by atoms with E-state index in [9.17, 15) is 14.8 Å². The molecule has 0 atom stereocenters. The second-order valence-corrected chi connectivity index (χ2v) is 2.69. The van der Waals surface area contributed by atoms with Gasteiger partial charge in [-0.05, 0) is 15.9 Å². The summed E-state index contributed by atoms with van der Waals surface area (Å²) in [5.41, 5.74) is -0.631. The van der Waals surface area contributed by atoms with Gasteiger partial charge in [0, 0.05) is 6.07 Å². The van der Waals surface area contributed by atoms with Gasteiger partial charge in [0.15, 0.2) is 0 Å². The summed E-state index contributed by atoms with van der Waals surface area (Å²) < 4.78 is 13.0. The molecular weight excluding hydrogens is 219 g/mol. The summed E-state index contributed by atoms with van der Waals surface area (Å²) in [6.45, 7) is 0. The Labute approximate surface area is 69.3 Å². The standard InChI is InChI=1S/C5H3BrFN2O2/c6-3-1-4(7)5(8-2-3)9(10)11/h1-2,8H/q-1. The summed E-state index contributed by atoms with van der Waals surface area (Å²) in [7, 11) is 0. The van der Waals surface area contributed by atoms with E-state index in [2.05, 4.69) is 20.9 Å². The average molecular weight is 222 g/mol. The van der Waals surface area contributed by atoms with Crippen molar-refractivity contribution in [1.29, 1.82) is 0 Å². The lowest BCUT2D eigenvalue weighted by atomic mass is 10.5. The van der Waals surface area contributed by atoms with Crippen LogP contribution in [0.15, 0.2) is 16.7 Å². The fourth-order valence-corrected chi connectivity index (χ4v) is 0.893. The summed E-state index contributed by atoms with van der Waals surface area (Å²) in [6.07, 6.45) is 1.29. The summed E-state index contributed by atoms with van der Waals surface area (Å²) in [4.78, 5) is 1.37. The number of H-pyrrole nitrogens is 1. The van der Waals surface area contributed by atoms with Gasteiger partial charge in [0.05, 0.1) is 4.47 Å². The molecule has 0 fully saturated rings. The number of aromatic nitrogens is 1. The Morgan fingerprint density at radius 2 is 2.18 bits per heavy atom. The van der Waals surface area contributed by atoms with Crippen LogP contribution in [0.2, 0.25) is 0 Å². The topological polar surface area (TPSA) is 64.9 Å². The van der Waals surface area contributed by atoms with Crippen LogP contribution in [0.1, 0.15) is 0 Å². The Kier molecular flexibility index (Phi) is 2.13. The predicted molar refractivity (Wildman–Crippen MR) is 40.5 cm³/mol. The quantitative estimate of drug-likeness (QED) is 0.656. The van der Waals surface area contributed by atoms with Crippen molar-refractivity contribution in [3.63, 3.8) is 0 Å². The average Bonchev–Trinajstić information content (AvgIpc) is 1.85. The summed E-state index contributed by atoms with van der Waals surface area (Å²) in [5.74, 6) is -0.885. The van der Waals surface area contributed by atoms with Crippen molar-refractivity contribution in [2.24, 2.45) is 0 Å². The zero-order valence-corrected chi connectivity index (χ0v) is 6.76. The van der Waals surface area contributed by atoms with E-state index in [4.69, 9.17) is 0 Å². The number of hydrogen-bond acceptors (Lipinski definition) is 2. The largest absolute Gasteiger partial charge is 0.712 e. The van der Waals surface area contributed by atoms with E-state index in [0.717, 1.165) is 6.07 Å². The third-order valence-corrected chi connectivity index (χ3v) is 1.48. The maximum absolute atomic E-state index is 12.6. The number of nitrogens with zero attached hydrogens (tertiary/aromatic N) is 1. The minimum absolute atomic E-state index is 0.431. The van der Waals surface area contributed by atoms with Crippen LogP contribution < -0.4 is 10.4 Å². The first-order valence-corrected chi connectivity index (χ1v) is 3.41. The molecule has 0 aliphatic rings. The van der Waals surface area contributed by atoms with Gasteiger partial charge in [-0.2, -0.15) is 4.39 Å². The van der Waals surface area contributed by atoms with Gasteiger partial charge in [0.25, 0.3) is 0 Å². The molecular formula is C5H3BrFN2O2-. The van der Waals surface area contributed by atoms with E-state index in [0.29, 0.717) is 4.47 Å². The molecule has 6 heteroatoms. The SMILES string of the molecule is [O-][N+]([O-])=c1[nH]cc(Br)cc1F. The van der Waals surface area contributed by atoms with Crippen LogP contribution >= 0.6 is 15.9 Å². The van der Waals surface area contributed by atoms with Gasteiger partial charge < -0.3 is 10.4 Å². The molecule has 1 N–H and O–H groups in total. The molecule has 0 radical (unpaired) electrons. The molecule has 1 aromatic rings. The molecule has 60 valence electrons. The summed E-state index contributed by atoms with van der Waals surface area (Å²) in [6, 6.07) is 1.02. The van der Waals surface area contributed by atoms with Gasteiger partial charge in [0.1, 0.15) is 6.20 Å². The van der Waals surface area contributed by atoms with Gasteiger partial charge in [-0.1, -0.05) is 0 Å². The smallest absolute Gasteiger partial charge is 0.317 e. The normalized spacial score (nSPS) is 9.64. The number of hydrogen-bond donors (Lipinski definition) is 1. The van der Waals surface area contributed by atoms with Crippen LogP contribution in [0.5, 0.6) is 0 Å². The van der Waals surface area contributed by atoms with E-state index >= 15 is 0 Å². The minimum atomic E-state index is -0.885. The zero-order valence-electron chi connectivity index (χ0n) is 5.17. The van der Waals surface area contributed by atoms with Crippen molar-refractivity contribution < 1.29 is 4.39 Å². The van der Waals surface area contributed by atoms with Crippen LogP contribution in [0.25, 0.3) is 0 Å². The first-order valence-electron chi connectivity index (χ1n) is 2.62. The zero-order chi connectivity index (χ0) is 8.43. The van der Waals surface area contributed by atoms with Gasteiger partial charge in [-0.15, -0.1) is 0 Å². The van der Waals surface area contributed by atoms with Gasteiger partial charge in [0.2, 0.25) is 5.82 Å². The Bertz CT molecular complexity index is 331. The number of halogens is 2. The maximum Gasteiger partial charge on any atom is 0.317 e. The van der Waals surface area contributed by atoms with E-state index < -0.39 is 16.2 Å². The molecule has 0 aromatic carbocycles. The molecule has 0 saturated carbocycles. The molecule has 0 aliphatic carbocycles. The van der Waals surface area contributed by atoms with Crippen LogP contribution in [0, 0.1) is 16.2 Å². The highest BCUT2D eigenvalue weighted by atomic mass is 79.9. The van der Waals surface area contributed by atoms with E-state index in [1.54, 1.807) is 0 Å². The van der Waals surface area contributed by atoms with Crippen molar-refractivity contribution in [1.82, 2.24) is 9.89 Å². The van der Waals surface area contributed by atoms with Crippen molar-refractivity contribution in [2.45, 2.75) is 0 Å². The third kappa shape index (κ3) is 1.70. The number of aromatic amines is 1. The lowest BCUT2D eigenvalue weighted by Gasteiger charge is -2.09. The minimum Gasteiger partial charge on any atom is -0.712 e. The molecule has 0 bridgehead atoms. The van der Waals surface area contributed by atoms with Crippen LogP contribution in [-0.4, -0.2) is 4.98 Å². The number of rotatable bonds is 0. The van der Waals surface area contributed by atoms with E-state index in [1.165, 1.54) is 6.20 Å². The molecule has 0 saturated heterocycles. The van der Waals surface area contributed by atoms with Crippen molar-refractivity contribution in [3.05, 3.63) is 38.5 Å². The molecule has 0 amide bonds. The van der Waals surface area contributed by atoms with E-state index in [-0.39, 0.29) is 0 Å². The Balaban J connectivity index is 3.44. The van der Waals surface area contributed by atoms with Crippen LogP contribution in [0.3, 0.4) is 0 Å². The molecule has 0 spiro atoms. The predicted octanol–water partition coefficient (Wildman–Crippen LogP) is 0.684. The maximum atomic E-state index is 12.6. The van der Waals surface area contributed by atoms with E-state index in [1.807, 2.05) is 0 Å². The highest BCUT2D eigenvalue weighted by Crippen LogP contribution is 2.04. The first-order chi connectivity index (χ1) is 5.11. The van der Waals surface area contributed by atoms with Gasteiger partial charge >= 0.3 is 5.49 Å². The fraction of sp³-hybridized carbons (Fsp3) is 0. The lowest BCUT2D eigenvalue weighted by molar-refractivity contribution is 0.587. The molecule has 0 unspecified atom stereocenters. The Hall–Kier alpha value is -1.04. The van der Waals surface area contributed by atoms with Crippen LogP contribution in [-0.2, 0) is 0 Å². The first kappa shape index (κ1) is 8.06. The van der Waals surface area contributed by atoms with Crippen molar-refractivity contribution in [2.75, 3.05) is 0 Å². The number of nitrogens with one attached hydrogen (secondary N) is 1. The Morgan fingerprint density at radius 1 is 1.55 bits per heavy atom. The second kappa shape index (κ2) is 2.91. The summed E-state index contributed by atoms with van der Waals surface area (Å²) >= 11 is 2.95. The molecule has 4 nitrogen and oxygen atoms in total. The second-order valence-electron chi connectivity index (χ2n) is 1.77. The van der Waals surface area contributed by atoms with Crippen LogP contribution in [0.4, 0.5) is 4.39 Å². The van der Waals surface area contributed by atoms with Crippen molar-refractivity contribution >= 4 is 15.9 Å². The Morgan fingerprint density at radius 3 is 2.64 bits per heavy atom. The number of pyridine rings is 1. The monoisotopic (exact) mass is 221 g/mol. The molecule has 11 heavy (non-hydrogen) atoms. The molecule has 1 heterocycles. The third-order valence-electron chi connectivity index (χ3n) is 1.02. The highest BCUT2D eigenvalue weighted by Gasteiger charge is 2.00.